The van der Waals surface area contributed by atoms with Crippen molar-refractivity contribution in [3.05, 3.63) is 0 Å². The monoisotopic (exact) mass is 420 g/mol. The fourth-order valence-corrected chi connectivity index (χ4v) is 23.7. The van der Waals surface area contributed by atoms with Gasteiger partial charge in [-0.05, 0) is 0 Å². The third-order valence-corrected chi connectivity index (χ3v) is 23.5. The van der Waals surface area contributed by atoms with Gasteiger partial charge in [-0.25, -0.2) is 0 Å². The number of hydrogen-bond donors (Lipinski definition) is 1. The van der Waals surface area contributed by atoms with Crippen molar-refractivity contribution in [2.45, 2.75) is 103 Å². The average molecular weight is 419 g/mol. The van der Waals surface area contributed by atoms with E-state index in [9.17, 15) is 5.11 Å². The van der Waals surface area contributed by atoms with Gasteiger partial charge >= 0.3 is 143 Å². The van der Waals surface area contributed by atoms with Crippen LogP contribution in [0.5, 0.6) is 0 Å². The van der Waals surface area contributed by atoms with Gasteiger partial charge in [-0.2, -0.15) is 0 Å². The quantitative estimate of drug-likeness (QED) is 0.352. The molecule has 22 heavy (non-hydrogen) atoms. The van der Waals surface area contributed by atoms with Crippen LogP contribution in [-0.4, -0.2) is 39.8 Å². The Morgan fingerprint density at radius 3 is 1.55 bits per heavy atom. The molecule has 2 atom stereocenters. The van der Waals surface area contributed by atoms with Crippen LogP contribution in [0.3, 0.4) is 0 Å². The summed E-state index contributed by atoms with van der Waals surface area (Å²) < 4.78 is 10.6. The molecule has 0 bridgehead atoms. The average Bonchev–Trinajstić information content (AvgIpc) is 3.24. The van der Waals surface area contributed by atoms with E-state index in [-0.39, 0.29) is 15.6 Å². The molecule has 3 heteroatoms. The summed E-state index contributed by atoms with van der Waals surface area (Å²) >= 11 is -2.54. The Morgan fingerprint density at radius 1 is 0.909 bits per heavy atom. The molecule has 132 valence electrons. The molecule has 0 aromatic rings. The number of unbranched alkanes of at least 4 members (excludes halogenated alkanes) is 3. The Kier molecular flexibility index (Phi) is 8.22. The van der Waals surface area contributed by atoms with Gasteiger partial charge in [-0.1, -0.05) is 0 Å². The molecule has 1 N–H and O–H groups in total. The summed E-state index contributed by atoms with van der Waals surface area (Å²) in [7, 11) is 0. The molecule has 2 nitrogen and oxygen atoms in total. The van der Waals surface area contributed by atoms with Gasteiger partial charge in [0.25, 0.3) is 0 Å². The fraction of sp³-hybridized carbons (Fsp3) is 1.00. The van der Waals surface area contributed by atoms with Crippen LogP contribution in [-0.2, 0) is 4.74 Å². The molecule has 0 spiro atoms. The molecule has 1 rings (SSSR count). The predicted molar refractivity (Wildman–Crippen MR) is 99.0 cm³/mol. The molecule has 0 unspecified atom stereocenters. The van der Waals surface area contributed by atoms with Crippen LogP contribution in [0.1, 0.15) is 80.1 Å². The van der Waals surface area contributed by atoms with Crippen molar-refractivity contribution in [1.82, 2.24) is 0 Å². The van der Waals surface area contributed by atoms with E-state index in [0.29, 0.717) is 6.10 Å². The van der Waals surface area contributed by atoms with Gasteiger partial charge in [0.05, 0.1) is 0 Å². The van der Waals surface area contributed by atoms with Gasteiger partial charge in [0.2, 0.25) is 0 Å². The predicted octanol–water partition coefficient (Wildman–Crippen LogP) is 5.55. The van der Waals surface area contributed by atoms with Gasteiger partial charge in [-0.15, -0.1) is 0 Å². The van der Waals surface area contributed by atoms with Crippen LogP contribution >= 0.6 is 0 Å². The van der Waals surface area contributed by atoms with Crippen LogP contribution in [0.15, 0.2) is 0 Å². The van der Waals surface area contributed by atoms with Crippen LogP contribution in [0.4, 0.5) is 0 Å². The van der Waals surface area contributed by atoms with Gasteiger partial charge in [0, 0.05) is 0 Å². The van der Waals surface area contributed by atoms with Crippen molar-refractivity contribution >= 4 is 18.4 Å². The van der Waals surface area contributed by atoms with E-state index in [0.717, 1.165) is 0 Å². The SMILES string of the molecule is CCC[CH2][Sn]([CH2]CCC)([CH2]CCC)[C@@]1(CO)O[C@H]1C(C)(C)C. The Morgan fingerprint density at radius 2 is 1.32 bits per heavy atom. The number of epoxide rings is 1. The number of aliphatic hydroxyl groups is 1. The van der Waals surface area contributed by atoms with E-state index in [1.807, 2.05) is 0 Å². The molecule has 0 amide bonds. The molecule has 1 aliphatic rings. The molecule has 0 radical (unpaired) electrons. The Balaban J connectivity index is 3.08. The van der Waals surface area contributed by atoms with Crippen LogP contribution < -0.4 is 0 Å². The van der Waals surface area contributed by atoms with Crippen LogP contribution in [0.2, 0.25) is 13.3 Å². The Bertz CT molecular complexity index is 302. The minimum atomic E-state index is -2.54. The van der Waals surface area contributed by atoms with E-state index in [1.54, 1.807) is 0 Å². The second kappa shape index (κ2) is 8.71. The van der Waals surface area contributed by atoms with E-state index in [4.69, 9.17) is 4.74 Å². The Labute approximate surface area is 143 Å². The summed E-state index contributed by atoms with van der Waals surface area (Å²) in [5.41, 5.74) is 0.162. The fourth-order valence-electron chi connectivity index (χ4n) is 4.30. The zero-order valence-corrected chi connectivity index (χ0v) is 18.9. The first-order chi connectivity index (χ1) is 10.3. The van der Waals surface area contributed by atoms with E-state index < -0.39 is 18.4 Å². The first kappa shape index (κ1) is 20.8. The standard InChI is InChI=1S/C7H13O2.3C4H9.Sn/c1-7(2,3)6-5(4-8)9-6;3*1-3-4-2;/h6,8H,4H2,1-3H3;3*1,3-4H2,2H3;/t6-;;;;/m1..../s1. The molecule has 1 aliphatic heterocycles. The zero-order chi connectivity index (χ0) is 16.9. The van der Waals surface area contributed by atoms with E-state index in [1.165, 1.54) is 51.8 Å². The molecular weight excluding hydrogens is 379 g/mol. The van der Waals surface area contributed by atoms with Gasteiger partial charge < -0.3 is 0 Å². The number of rotatable bonds is 11. The number of ether oxygens (including phenoxy) is 1. The van der Waals surface area contributed by atoms with Crippen molar-refractivity contribution in [1.29, 1.82) is 0 Å². The summed E-state index contributed by atoms with van der Waals surface area (Å²) in [5, 5.41) is 10.4. The Hall–Kier alpha value is 0.719. The summed E-state index contributed by atoms with van der Waals surface area (Å²) in [5.74, 6) is 0. The van der Waals surface area contributed by atoms with Gasteiger partial charge in [0.15, 0.2) is 0 Å². The molecule has 1 saturated heterocycles. The second-order valence-corrected chi connectivity index (χ2v) is 22.5. The summed E-state index contributed by atoms with van der Waals surface area (Å²) in [6.07, 6.45) is 8.14. The first-order valence-electron chi connectivity index (χ1n) is 9.62. The van der Waals surface area contributed by atoms with E-state index in [2.05, 4.69) is 41.5 Å². The summed E-state index contributed by atoms with van der Waals surface area (Å²) in [4.78, 5) is 0. The van der Waals surface area contributed by atoms with Crippen molar-refractivity contribution in [2.75, 3.05) is 6.61 Å². The molecule has 0 aromatic carbocycles. The van der Waals surface area contributed by atoms with Crippen molar-refractivity contribution < 1.29 is 9.84 Å². The summed E-state index contributed by atoms with van der Waals surface area (Å²) in [6, 6.07) is 0. The zero-order valence-electron chi connectivity index (χ0n) is 16.0. The van der Waals surface area contributed by atoms with Crippen LogP contribution in [0.25, 0.3) is 0 Å². The molecule has 1 fully saturated rings. The first-order valence-corrected chi connectivity index (χ1v) is 17.1. The normalized spacial score (nSPS) is 25.5. The van der Waals surface area contributed by atoms with Gasteiger partial charge in [-0.3, -0.25) is 0 Å². The van der Waals surface area contributed by atoms with Gasteiger partial charge in [0.1, 0.15) is 0 Å². The van der Waals surface area contributed by atoms with Crippen molar-refractivity contribution in [2.24, 2.45) is 5.41 Å². The summed E-state index contributed by atoms with van der Waals surface area (Å²) in [6.45, 7) is 14.0. The third kappa shape index (κ3) is 4.41. The molecule has 0 aliphatic carbocycles. The maximum absolute atomic E-state index is 10.4. The van der Waals surface area contributed by atoms with E-state index >= 15 is 0 Å². The third-order valence-electron chi connectivity index (χ3n) is 5.64. The maximum atomic E-state index is 10.4. The topological polar surface area (TPSA) is 32.8 Å². The van der Waals surface area contributed by atoms with Crippen molar-refractivity contribution in [3.8, 4) is 0 Å². The second-order valence-electron chi connectivity index (χ2n) is 8.50. The van der Waals surface area contributed by atoms with Crippen LogP contribution in [0, 0.1) is 5.41 Å². The molecule has 0 saturated carbocycles. The molecule has 0 aromatic heterocycles. The van der Waals surface area contributed by atoms with Crippen molar-refractivity contribution in [3.63, 3.8) is 0 Å². The molecule has 1 heterocycles. The number of aliphatic hydroxyl groups excluding tert-OH is 1. The number of hydrogen-bond acceptors (Lipinski definition) is 2. The molecular formula is C19H40O2Sn. The minimum absolute atomic E-state index is 0.0769.